The monoisotopic (exact) mass is 387 g/mol. The number of rotatable bonds is 4. The molecule has 1 fully saturated rings. The van der Waals surface area contributed by atoms with Crippen LogP contribution in [0.15, 0.2) is 24.5 Å². The molecule has 0 saturated carbocycles. The van der Waals surface area contributed by atoms with Crippen molar-refractivity contribution in [3.63, 3.8) is 0 Å². The number of halogens is 2. The number of piperidine rings is 1. The van der Waals surface area contributed by atoms with Crippen LogP contribution in [0, 0.1) is 5.92 Å². The average Bonchev–Trinajstić information content (AvgIpc) is 2.95. The fourth-order valence-corrected chi connectivity index (χ4v) is 3.49. The summed E-state index contributed by atoms with van der Waals surface area (Å²) in [6.07, 6.45) is 5.03. The summed E-state index contributed by atoms with van der Waals surface area (Å²) < 4.78 is 0. The Bertz CT molecular complexity index is 671. The van der Waals surface area contributed by atoms with Gasteiger partial charge < -0.3 is 11.1 Å². The number of hydrogen-bond acceptors (Lipinski definition) is 6. The molecular weight excluding hydrogens is 369 g/mol. The Labute approximate surface area is 155 Å². The van der Waals surface area contributed by atoms with Gasteiger partial charge in [-0.25, -0.2) is 9.97 Å². The molecule has 3 heterocycles. The maximum Gasteiger partial charge on any atom is 0.228 e. The van der Waals surface area contributed by atoms with Gasteiger partial charge in [-0.1, -0.05) is 11.6 Å². The molecule has 0 spiro atoms. The summed E-state index contributed by atoms with van der Waals surface area (Å²) in [5.41, 5.74) is 5.65. The van der Waals surface area contributed by atoms with Gasteiger partial charge in [-0.05, 0) is 38.1 Å². The summed E-state index contributed by atoms with van der Waals surface area (Å²) in [6.45, 7) is 2.63. The van der Waals surface area contributed by atoms with Gasteiger partial charge in [0, 0.05) is 29.7 Å². The Morgan fingerprint density at radius 3 is 2.67 bits per heavy atom. The van der Waals surface area contributed by atoms with Gasteiger partial charge >= 0.3 is 0 Å². The van der Waals surface area contributed by atoms with Gasteiger partial charge in [-0.3, -0.25) is 9.69 Å². The minimum Gasteiger partial charge on any atom is -0.375 e. The SMILES string of the molecule is Cl.Nc1ncc(CN2CCC(C(=O)Nc3ccc(Cl)cn3)CC2)s1. The molecule has 130 valence electrons. The third-order valence-corrected chi connectivity index (χ3v) is 4.92. The van der Waals surface area contributed by atoms with Crippen molar-refractivity contribution < 1.29 is 4.79 Å². The molecule has 9 heteroatoms. The van der Waals surface area contributed by atoms with E-state index >= 15 is 0 Å². The van der Waals surface area contributed by atoms with Gasteiger partial charge in [0.1, 0.15) is 5.82 Å². The fraction of sp³-hybridized carbons (Fsp3) is 0.400. The number of carbonyl (C=O) groups is 1. The molecule has 1 aliphatic heterocycles. The molecule has 3 N–H and O–H groups in total. The Balaban J connectivity index is 0.00000208. The van der Waals surface area contributed by atoms with Crippen molar-refractivity contribution in [3.8, 4) is 0 Å². The van der Waals surface area contributed by atoms with Crippen molar-refractivity contribution in [1.29, 1.82) is 0 Å². The van der Waals surface area contributed by atoms with Crippen molar-refractivity contribution in [2.45, 2.75) is 19.4 Å². The molecule has 1 saturated heterocycles. The summed E-state index contributed by atoms with van der Waals surface area (Å²) in [5, 5.41) is 4.01. The van der Waals surface area contributed by atoms with Gasteiger partial charge in [0.25, 0.3) is 0 Å². The van der Waals surface area contributed by atoms with E-state index in [1.807, 2.05) is 6.20 Å². The van der Waals surface area contributed by atoms with E-state index in [0.717, 1.165) is 37.4 Å². The molecule has 1 amide bonds. The van der Waals surface area contributed by atoms with Crippen LogP contribution in [-0.4, -0.2) is 33.9 Å². The van der Waals surface area contributed by atoms with Crippen LogP contribution in [-0.2, 0) is 11.3 Å². The van der Waals surface area contributed by atoms with E-state index < -0.39 is 0 Å². The van der Waals surface area contributed by atoms with E-state index in [2.05, 4.69) is 20.2 Å². The second-order valence-corrected chi connectivity index (χ2v) is 7.15. The number of pyridine rings is 1. The summed E-state index contributed by atoms with van der Waals surface area (Å²) in [7, 11) is 0. The summed E-state index contributed by atoms with van der Waals surface area (Å²) in [6, 6.07) is 3.43. The van der Waals surface area contributed by atoms with Gasteiger partial charge in [0.2, 0.25) is 5.91 Å². The number of nitrogens with one attached hydrogen (secondary N) is 1. The predicted octanol–water partition coefficient (Wildman–Crippen LogP) is 3.05. The minimum atomic E-state index is 0. The van der Waals surface area contributed by atoms with Crippen LogP contribution in [0.2, 0.25) is 5.02 Å². The smallest absolute Gasteiger partial charge is 0.228 e. The number of nitrogens with zero attached hydrogens (tertiary/aromatic N) is 3. The van der Waals surface area contributed by atoms with Crippen molar-refractivity contribution in [1.82, 2.24) is 14.9 Å². The highest BCUT2D eigenvalue weighted by Gasteiger charge is 2.25. The number of amides is 1. The summed E-state index contributed by atoms with van der Waals surface area (Å²) >= 11 is 7.31. The minimum absolute atomic E-state index is 0. The average molecular weight is 388 g/mol. The van der Waals surface area contributed by atoms with Crippen molar-refractivity contribution in [3.05, 3.63) is 34.4 Å². The van der Waals surface area contributed by atoms with Crippen LogP contribution in [0.4, 0.5) is 10.9 Å². The van der Waals surface area contributed by atoms with E-state index in [0.29, 0.717) is 16.0 Å². The molecule has 0 atom stereocenters. The molecular formula is C15H19Cl2N5OS. The lowest BCUT2D eigenvalue weighted by atomic mass is 9.96. The number of hydrogen-bond donors (Lipinski definition) is 2. The van der Waals surface area contributed by atoms with E-state index in [4.69, 9.17) is 17.3 Å². The lowest BCUT2D eigenvalue weighted by molar-refractivity contribution is -0.121. The second kappa shape index (κ2) is 8.62. The second-order valence-electron chi connectivity index (χ2n) is 5.57. The Hall–Kier alpha value is -1.41. The summed E-state index contributed by atoms with van der Waals surface area (Å²) in [4.78, 5) is 23.9. The Kier molecular flexibility index (Phi) is 6.79. The number of nitrogens with two attached hydrogens (primary N) is 1. The van der Waals surface area contributed by atoms with Gasteiger partial charge in [0.05, 0.1) is 5.02 Å². The highest BCUT2D eigenvalue weighted by Crippen LogP contribution is 2.23. The first-order chi connectivity index (χ1) is 11.1. The highest BCUT2D eigenvalue weighted by atomic mass is 35.5. The molecule has 2 aromatic heterocycles. The number of anilines is 2. The van der Waals surface area contributed by atoms with Gasteiger partial charge in [-0.2, -0.15) is 0 Å². The lowest BCUT2D eigenvalue weighted by Crippen LogP contribution is -2.37. The van der Waals surface area contributed by atoms with Crippen molar-refractivity contribution >= 4 is 52.2 Å². The molecule has 0 unspecified atom stereocenters. The topological polar surface area (TPSA) is 84.1 Å². The first-order valence-corrected chi connectivity index (χ1v) is 8.64. The lowest BCUT2D eigenvalue weighted by Gasteiger charge is -2.30. The van der Waals surface area contributed by atoms with E-state index in [1.165, 1.54) is 17.5 Å². The largest absolute Gasteiger partial charge is 0.375 e. The summed E-state index contributed by atoms with van der Waals surface area (Å²) in [5.74, 6) is 0.596. The molecule has 0 bridgehead atoms. The van der Waals surface area contributed by atoms with E-state index in [9.17, 15) is 4.79 Å². The molecule has 0 aromatic carbocycles. The first kappa shape index (κ1) is 18.9. The Morgan fingerprint density at radius 2 is 2.08 bits per heavy atom. The number of aromatic nitrogens is 2. The van der Waals surface area contributed by atoms with Crippen LogP contribution in [0.25, 0.3) is 0 Å². The van der Waals surface area contributed by atoms with Crippen LogP contribution >= 0.6 is 35.3 Å². The molecule has 6 nitrogen and oxygen atoms in total. The van der Waals surface area contributed by atoms with Gasteiger partial charge in [0.15, 0.2) is 5.13 Å². The third-order valence-electron chi connectivity index (χ3n) is 3.89. The normalized spacial score (nSPS) is 15.7. The molecule has 1 aliphatic rings. The maximum atomic E-state index is 12.3. The van der Waals surface area contributed by atoms with E-state index in [1.54, 1.807) is 12.1 Å². The van der Waals surface area contributed by atoms with Crippen LogP contribution in [0.3, 0.4) is 0 Å². The number of likely N-dealkylation sites (tertiary alicyclic amines) is 1. The predicted molar refractivity (Wildman–Crippen MR) is 99.7 cm³/mol. The van der Waals surface area contributed by atoms with Gasteiger partial charge in [-0.15, -0.1) is 23.7 Å². The maximum absolute atomic E-state index is 12.3. The molecule has 24 heavy (non-hydrogen) atoms. The number of nitrogen functional groups attached to an aromatic ring is 1. The van der Waals surface area contributed by atoms with Crippen LogP contribution < -0.4 is 11.1 Å². The quantitative estimate of drug-likeness (QED) is 0.841. The Morgan fingerprint density at radius 1 is 1.33 bits per heavy atom. The zero-order chi connectivity index (χ0) is 16.2. The highest BCUT2D eigenvalue weighted by molar-refractivity contribution is 7.15. The number of carbonyl (C=O) groups excluding carboxylic acids is 1. The zero-order valence-electron chi connectivity index (χ0n) is 12.9. The van der Waals surface area contributed by atoms with Crippen molar-refractivity contribution in [2.24, 2.45) is 5.92 Å². The molecule has 0 radical (unpaired) electrons. The van der Waals surface area contributed by atoms with Crippen LogP contribution in [0.5, 0.6) is 0 Å². The van der Waals surface area contributed by atoms with Crippen LogP contribution in [0.1, 0.15) is 17.7 Å². The molecule has 0 aliphatic carbocycles. The van der Waals surface area contributed by atoms with Crippen molar-refractivity contribution in [2.75, 3.05) is 24.1 Å². The number of thiazole rings is 1. The fourth-order valence-electron chi connectivity index (χ4n) is 2.65. The first-order valence-electron chi connectivity index (χ1n) is 7.45. The van der Waals surface area contributed by atoms with E-state index in [-0.39, 0.29) is 24.2 Å². The standard InChI is InChI=1S/C15H18ClN5OS.ClH/c16-11-1-2-13(18-7-11)20-14(22)10-3-5-21(6-4-10)9-12-8-19-15(17)23-12;/h1-2,7-8,10H,3-6,9H2,(H2,17,19)(H,18,20,22);1H. The molecule has 3 rings (SSSR count). The zero-order valence-corrected chi connectivity index (χ0v) is 15.3. The molecule has 2 aromatic rings. The third kappa shape index (κ3) is 5.04.